The number of rotatable bonds is 5. The number of hydrogen-bond donors (Lipinski definition) is 2. The number of carbonyl (C=O) groups excluding carboxylic acids is 1. The van der Waals surface area contributed by atoms with Gasteiger partial charge in [0.2, 0.25) is 5.91 Å². The molecule has 1 aromatic heterocycles. The first-order chi connectivity index (χ1) is 16.1. The molecule has 0 saturated heterocycles. The van der Waals surface area contributed by atoms with Crippen LogP contribution in [0, 0.1) is 0 Å². The lowest BCUT2D eigenvalue weighted by Gasteiger charge is -2.21. The molecule has 1 aliphatic carbocycles. The first kappa shape index (κ1) is 20.7. The van der Waals surface area contributed by atoms with Gasteiger partial charge in [-0.3, -0.25) is 4.79 Å². The lowest BCUT2D eigenvalue weighted by atomic mass is 9.91. The number of nitrogens with zero attached hydrogens (tertiary/aromatic N) is 2. The minimum Gasteiger partial charge on any atom is -0.508 e. The smallest absolute Gasteiger partial charge is 0.230 e. The molecule has 2 N–H and O–H groups in total. The van der Waals surface area contributed by atoms with Crippen LogP contribution in [-0.4, -0.2) is 28.1 Å². The molecular weight excluding hydrogens is 414 g/mol. The van der Waals surface area contributed by atoms with Crippen molar-refractivity contribution in [1.29, 1.82) is 0 Å². The second kappa shape index (κ2) is 8.74. The topological polar surface area (TPSA) is 84.3 Å². The largest absolute Gasteiger partial charge is 0.508 e. The van der Waals surface area contributed by atoms with Gasteiger partial charge in [-0.15, -0.1) is 0 Å². The maximum absolute atomic E-state index is 12.8. The van der Waals surface area contributed by atoms with Gasteiger partial charge >= 0.3 is 0 Å². The summed E-state index contributed by atoms with van der Waals surface area (Å²) in [7, 11) is 1.66. The van der Waals surface area contributed by atoms with Gasteiger partial charge < -0.3 is 15.2 Å². The van der Waals surface area contributed by atoms with E-state index in [0.29, 0.717) is 11.5 Å². The molecule has 3 aromatic carbocycles. The third-order valence-corrected chi connectivity index (χ3v) is 5.77. The standard InChI is InChI=1S/C27H23N3O3/c1-33-21-12-13-22-19(16-21)9-14-23-26(22)30-25(18-7-10-20(31)11-8-18)27(28-23)29-24(32)15-17-5-3-2-4-6-17/h2-8,10-13,16,31H,9,14-15H2,1H3,(H,28,29,32). The zero-order valence-corrected chi connectivity index (χ0v) is 18.2. The van der Waals surface area contributed by atoms with Crippen molar-refractivity contribution in [3.05, 3.63) is 89.6 Å². The maximum Gasteiger partial charge on any atom is 0.230 e. The van der Waals surface area contributed by atoms with E-state index >= 15 is 0 Å². The van der Waals surface area contributed by atoms with Crippen LogP contribution < -0.4 is 10.1 Å². The lowest BCUT2D eigenvalue weighted by molar-refractivity contribution is -0.115. The van der Waals surface area contributed by atoms with Crippen molar-refractivity contribution < 1.29 is 14.6 Å². The monoisotopic (exact) mass is 437 g/mol. The molecule has 4 aromatic rings. The molecule has 0 unspecified atom stereocenters. The molecule has 1 heterocycles. The van der Waals surface area contributed by atoms with Crippen LogP contribution >= 0.6 is 0 Å². The Morgan fingerprint density at radius 1 is 0.970 bits per heavy atom. The fourth-order valence-corrected chi connectivity index (χ4v) is 4.11. The summed E-state index contributed by atoms with van der Waals surface area (Å²) >= 11 is 0. The fourth-order valence-electron chi connectivity index (χ4n) is 4.11. The molecule has 1 aliphatic rings. The molecule has 1 amide bonds. The second-order valence-corrected chi connectivity index (χ2v) is 8.00. The number of carbonyl (C=O) groups is 1. The van der Waals surface area contributed by atoms with Gasteiger partial charge in [0.05, 0.1) is 24.9 Å². The highest BCUT2D eigenvalue weighted by molar-refractivity contribution is 5.95. The van der Waals surface area contributed by atoms with Gasteiger partial charge in [0.1, 0.15) is 17.2 Å². The van der Waals surface area contributed by atoms with Gasteiger partial charge in [-0.05, 0) is 66.4 Å². The first-order valence-electron chi connectivity index (χ1n) is 10.8. The third kappa shape index (κ3) is 4.28. The number of hydrogen-bond acceptors (Lipinski definition) is 5. The molecule has 0 fully saturated rings. The van der Waals surface area contributed by atoms with E-state index in [4.69, 9.17) is 14.7 Å². The number of aromatic hydroxyl groups is 1. The van der Waals surface area contributed by atoms with E-state index in [1.807, 2.05) is 48.5 Å². The number of methoxy groups -OCH3 is 1. The van der Waals surface area contributed by atoms with Crippen molar-refractivity contribution >= 4 is 11.7 Å². The molecule has 0 aliphatic heterocycles. The summed E-state index contributed by atoms with van der Waals surface area (Å²) in [5.74, 6) is 1.25. The Labute approximate surface area is 191 Å². The summed E-state index contributed by atoms with van der Waals surface area (Å²) in [5.41, 5.74) is 6.10. The number of fused-ring (bicyclic) bond motifs is 3. The Balaban J connectivity index is 1.57. The summed E-state index contributed by atoms with van der Waals surface area (Å²) in [4.78, 5) is 22.6. The molecular formula is C27H23N3O3. The number of aromatic nitrogens is 2. The van der Waals surface area contributed by atoms with Gasteiger partial charge in [-0.1, -0.05) is 30.3 Å². The molecule has 33 heavy (non-hydrogen) atoms. The van der Waals surface area contributed by atoms with Crippen LogP contribution in [0.2, 0.25) is 0 Å². The van der Waals surface area contributed by atoms with E-state index < -0.39 is 0 Å². The molecule has 0 saturated carbocycles. The molecule has 6 nitrogen and oxygen atoms in total. The Morgan fingerprint density at radius 2 is 1.76 bits per heavy atom. The number of amides is 1. The van der Waals surface area contributed by atoms with Crippen molar-refractivity contribution in [3.63, 3.8) is 0 Å². The normalized spacial score (nSPS) is 11.9. The Bertz CT molecular complexity index is 1320. The maximum atomic E-state index is 12.8. The molecule has 0 bridgehead atoms. The van der Waals surface area contributed by atoms with Crippen molar-refractivity contribution in [2.24, 2.45) is 0 Å². The highest BCUT2D eigenvalue weighted by Gasteiger charge is 2.23. The Hall–Kier alpha value is -4.19. The van der Waals surface area contributed by atoms with E-state index in [2.05, 4.69) is 5.32 Å². The summed E-state index contributed by atoms with van der Waals surface area (Å²) < 4.78 is 5.38. The first-order valence-corrected chi connectivity index (χ1v) is 10.8. The summed E-state index contributed by atoms with van der Waals surface area (Å²) in [6, 6.07) is 22.3. The minimum atomic E-state index is -0.156. The molecule has 0 spiro atoms. The lowest BCUT2D eigenvalue weighted by Crippen LogP contribution is -2.18. The van der Waals surface area contributed by atoms with Crippen LogP contribution in [0.15, 0.2) is 72.8 Å². The Kier molecular flexibility index (Phi) is 5.48. The predicted molar refractivity (Wildman–Crippen MR) is 127 cm³/mol. The quantitative estimate of drug-likeness (QED) is 0.468. The van der Waals surface area contributed by atoms with Crippen LogP contribution in [-0.2, 0) is 24.1 Å². The van der Waals surface area contributed by atoms with Crippen LogP contribution in [0.4, 0.5) is 5.82 Å². The SMILES string of the molecule is COc1ccc2c(c1)CCc1nc(NC(=O)Cc3ccccc3)c(-c3ccc(O)cc3)nc1-2. The average molecular weight is 437 g/mol. The van der Waals surface area contributed by atoms with E-state index in [9.17, 15) is 9.90 Å². The summed E-state index contributed by atoms with van der Waals surface area (Å²) in [6.07, 6.45) is 1.79. The number of anilines is 1. The number of ether oxygens (including phenoxy) is 1. The van der Waals surface area contributed by atoms with Gasteiger partial charge in [-0.25, -0.2) is 9.97 Å². The van der Waals surface area contributed by atoms with Crippen molar-refractivity contribution in [1.82, 2.24) is 9.97 Å². The third-order valence-electron chi connectivity index (χ3n) is 5.77. The summed E-state index contributed by atoms with van der Waals surface area (Å²) in [6.45, 7) is 0. The zero-order valence-electron chi connectivity index (χ0n) is 18.2. The second-order valence-electron chi connectivity index (χ2n) is 8.00. The van der Waals surface area contributed by atoms with Crippen LogP contribution in [0.3, 0.4) is 0 Å². The number of benzene rings is 3. The molecule has 6 heteroatoms. The Morgan fingerprint density at radius 3 is 2.52 bits per heavy atom. The van der Waals surface area contributed by atoms with E-state index in [0.717, 1.165) is 52.2 Å². The number of phenolic OH excluding ortho intramolecular Hbond substituents is 1. The molecule has 164 valence electrons. The van der Waals surface area contributed by atoms with E-state index in [-0.39, 0.29) is 18.1 Å². The highest BCUT2D eigenvalue weighted by atomic mass is 16.5. The van der Waals surface area contributed by atoms with Gasteiger partial charge in [0.15, 0.2) is 5.82 Å². The molecule has 5 rings (SSSR count). The predicted octanol–water partition coefficient (Wildman–Crippen LogP) is 4.80. The van der Waals surface area contributed by atoms with Gasteiger partial charge in [0.25, 0.3) is 0 Å². The van der Waals surface area contributed by atoms with Crippen molar-refractivity contribution in [2.45, 2.75) is 19.3 Å². The van der Waals surface area contributed by atoms with Gasteiger partial charge in [0, 0.05) is 11.1 Å². The van der Waals surface area contributed by atoms with Gasteiger partial charge in [-0.2, -0.15) is 0 Å². The van der Waals surface area contributed by atoms with Crippen LogP contribution in [0.1, 0.15) is 16.8 Å². The summed E-state index contributed by atoms with van der Waals surface area (Å²) in [5, 5.41) is 12.7. The number of aryl methyl sites for hydroxylation is 2. The average Bonchev–Trinajstić information content (AvgIpc) is 2.84. The van der Waals surface area contributed by atoms with Crippen molar-refractivity contribution in [3.8, 4) is 34.0 Å². The van der Waals surface area contributed by atoms with Crippen LogP contribution in [0.5, 0.6) is 11.5 Å². The number of nitrogens with one attached hydrogen (secondary N) is 1. The van der Waals surface area contributed by atoms with E-state index in [1.54, 1.807) is 31.4 Å². The fraction of sp³-hybridized carbons (Fsp3) is 0.148. The van der Waals surface area contributed by atoms with E-state index in [1.165, 1.54) is 0 Å². The van der Waals surface area contributed by atoms with Crippen LogP contribution in [0.25, 0.3) is 22.5 Å². The van der Waals surface area contributed by atoms with Crippen molar-refractivity contribution in [2.75, 3.05) is 12.4 Å². The molecule has 0 radical (unpaired) electrons. The highest BCUT2D eigenvalue weighted by Crippen LogP contribution is 2.37. The number of phenols is 1. The molecule has 0 atom stereocenters. The minimum absolute atomic E-state index is 0.156. The zero-order chi connectivity index (χ0) is 22.8.